The van der Waals surface area contributed by atoms with Gasteiger partial charge in [-0.1, -0.05) is 44.7 Å². The van der Waals surface area contributed by atoms with Crippen molar-refractivity contribution in [2.24, 2.45) is 0 Å². The molecule has 0 N–H and O–H groups in total. The van der Waals surface area contributed by atoms with Crippen LogP contribution in [0.15, 0.2) is 6.33 Å². The minimum Gasteiger partial charge on any atom is -0.356 e. The van der Waals surface area contributed by atoms with E-state index in [1.165, 1.54) is 32.1 Å². The molecule has 1 saturated heterocycles. The Labute approximate surface area is 115 Å². The third kappa shape index (κ3) is 3.14. The summed E-state index contributed by atoms with van der Waals surface area (Å²) in [6, 6.07) is 0. The van der Waals surface area contributed by atoms with Crippen LogP contribution in [0.3, 0.4) is 0 Å². The lowest BCUT2D eigenvalue weighted by Crippen LogP contribution is -2.29. The molecule has 2 rings (SSSR count). The van der Waals surface area contributed by atoms with Crippen LogP contribution in [0.2, 0.25) is 5.15 Å². The van der Waals surface area contributed by atoms with Crippen molar-refractivity contribution < 1.29 is 0 Å². The van der Waals surface area contributed by atoms with Crippen molar-refractivity contribution in [2.75, 3.05) is 18.0 Å². The highest BCUT2D eigenvalue weighted by Crippen LogP contribution is 2.31. The monoisotopic (exact) mass is 267 g/mol. The highest BCUT2D eigenvalue weighted by Gasteiger charge is 2.19. The van der Waals surface area contributed by atoms with E-state index in [0.29, 0.717) is 11.1 Å². The van der Waals surface area contributed by atoms with Crippen molar-refractivity contribution in [3.8, 4) is 0 Å². The molecule has 0 saturated carbocycles. The van der Waals surface area contributed by atoms with Gasteiger partial charge in [0.1, 0.15) is 17.3 Å². The van der Waals surface area contributed by atoms with Gasteiger partial charge < -0.3 is 4.90 Å². The van der Waals surface area contributed by atoms with Crippen LogP contribution in [-0.2, 0) is 0 Å². The predicted molar refractivity (Wildman–Crippen MR) is 76.4 cm³/mol. The highest BCUT2D eigenvalue weighted by atomic mass is 35.5. The van der Waals surface area contributed by atoms with Gasteiger partial charge in [-0.15, -0.1) is 0 Å². The van der Waals surface area contributed by atoms with E-state index in [4.69, 9.17) is 11.6 Å². The summed E-state index contributed by atoms with van der Waals surface area (Å²) in [6.07, 6.45) is 8.11. The Hall–Kier alpha value is -0.830. The SMILES string of the molecule is CC(C)c1c(Cl)ncnc1N1CCCCCCC1. The van der Waals surface area contributed by atoms with Gasteiger partial charge >= 0.3 is 0 Å². The summed E-state index contributed by atoms with van der Waals surface area (Å²) in [5.74, 6) is 1.41. The number of anilines is 1. The minimum absolute atomic E-state index is 0.360. The van der Waals surface area contributed by atoms with E-state index in [-0.39, 0.29) is 0 Å². The van der Waals surface area contributed by atoms with Crippen LogP contribution in [0.4, 0.5) is 5.82 Å². The van der Waals surface area contributed by atoms with Gasteiger partial charge in [0.05, 0.1) is 0 Å². The summed E-state index contributed by atoms with van der Waals surface area (Å²) < 4.78 is 0. The van der Waals surface area contributed by atoms with Gasteiger partial charge in [0.15, 0.2) is 0 Å². The summed E-state index contributed by atoms with van der Waals surface area (Å²) >= 11 is 6.24. The van der Waals surface area contributed by atoms with Gasteiger partial charge in [-0.3, -0.25) is 0 Å². The maximum absolute atomic E-state index is 6.24. The first-order valence-corrected chi connectivity index (χ1v) is 7.33. The number of nitrogens with zero attached hydrogens (tertiary/aromatic N) is 3. The number of hydrogen-bond acceptors (Lipinski definition) is 3. The number of halogens is 1. The molecule has 18 heavy (non-hydrogen) atoms. The van der Waals surface area contributed by atoms with Crippen molar-refractivity contribution >= 4 is 17.4 Å². The molecule has 0 aliphatic carbocycles. The molecule has 0 atom stereocenters. The molecule has 1 aromatic heterocycles. The van der Waals surface area contributed by atoms with Gasteiger partial charge in [0.2, 0.25) is 0 Å². The van der Waals surface area contributed by atoms with Gasteiger partial charge in [-0.25, -0.2) is 9.97 Å². The van der Waals surface area contributed by atoms with E-state index in [0.717, 1.165) is 24.5 Å². The zero-order valence-corrected chi connectivity index (χ0v) is 12.1. The number of rotatable bonds is 2. The van der Waals surface area contributed by atoms with E-state index < -0.39 is 0 Å². The minimum atomic E-state index is 0.360. The first-order chi connectivity index (χ1) is 8.70. The van der Waals surface area contributed by atoms with Crippen LogP contribution in [-0.4, -0.2) is 23.1 Å². The first-order valence-electron chi connectivity index (χ1n) is 6.95. The fourth-order valence-electron chi connectivity index (χ4n) is 2.57. The van der Waals surface area contributed by atoms with Crippen molar-refractivity contribution in [2.45, 2.75) is 51.9 Å². The first kappa shape index (κ1) is 13.6. The third-order valence-electron chi connectivity index (χ3n) is 3.55. The molecular formula is C14H22ClN3. The third-order valence-corrected chi connectivity index (χ3v) is 3.85. The molecule has 0 radical (unpaired) electrons. The molecule has 1 aliphatic heterocycles. The van der Waals surface area contributed by atoms with Gasteiger partial charge in [-0.05, 0) is 18.8 Å². The number of aromatic nitrogens is 2. The largest absolute Gasteiger partial charge is 0.356 e. The highest BCUT2D eigenvalue weighted by molar-refractivity contribution is 6.30. The fraction of sp³-hybridized carbons (Fsp3) is 0.714. The van der Waals surface area contributed by atoms with Crippen LogP contribution >= 0.6 is 11.6 Å². The maximum Gasteiger partial charge on any atom is 0.138 e. The molecule has 1 aromatic rings. The quantitative estimate of drug-likeness (QED) is 0.758. The molecule has 100 valence electrons. The molecule has 0 aromatic carbocycles. The van der Waals surface area contributed by atoms with Crippen molar-refractivity contribution in [3.63, 3.8) is 0 Å². The molecule has 3 nitrogen and oxygen atoms in total. The van der Waals surface area contributed by atoms with E-state index in [1.54, 1.807) is 6.33 Å². The Kier molecular flexibility index (Phi) is 4.81. The van der Waals surface area contributed by atoms with Crippen LogP contribution in [0.25, 0.3) is 0 Å². The Balaban J connectivity index is 2.27. The molecule has 4 heteroatoms. The lowest BCUT2D eigenvalue weighted by molar-refractivity contribution is 0.551. The van der Waals surface area contributed by atoms with Crippen molar-refractivity contribution in [1.82, 2.24) is 9.97 Å². The van der Waals surface area contributed by atoms with Gasteiger partial charge in [-0.2, -0.15) is 0 Å². The van der Waals surface area contributed by atoms with Crippen LogP contribution in [0.1, 0.15) is 57.4 Å². The van der Waals surface area contributed by atoms with E-state index in [9.17, 15) is 0 Å². The Morgan fingerprint density at radius 2 is 1.67 bits per heavy atom. The van der Waals surface area contributed by atoms with E-state index in [1.807, 2.05) is 0 Å². The van der Waals surface area contributed by atoms with Crippen LogP contribution < -0.4 is 4.90 Å². The fourth-order valence-corrected chi connectivity index (χ4v) is 2.92. The van der Waals surface area contributed by atoms with Crippen LogP contribution in [0.5, 0.6) is 0 Å². The normalized spacial score (nSPS) is 17.7. The second-order valence-electron chi connectivity index (χ2n) is 5.31. The van der Waals surface area contributed by atoms with E-state index in [2.05, 4.69) is 28.7 Å². The molecule has 0 spiro atoms. The lowest BCUT2D eigenvalue weighted by Gasteiger charge is -2.28. The molecule has 0 unspecified atom stereocenters. The van der Waals surface area contributed by atoms with Gasteiger partial charge in [0.25, 0.3) is 0 Å². The van der Waals surface area contributed by atoms with E-state index >= 15 is 0 Å². The topological polar surface area (TPSA) is 29.0 Å². The summed E-state index contributed by atoms with van der Waals surface area (Å²) in [5, 5.41) is 0.608. The standard InChI is InChI=1S/C14H22ClN3/c1-11(2)12-13(15)16-10-17-14(12)18-8-6-4-3-5-7-9-18/h10-11H,3-9H2,1-2H3. The summed E-state index contributed by atoms with van der Waals surface area (Å²) in [4.78, 5) is 11.0. The Morgan fingerprint density at radius 3 is 2.28 bits per heavy atom. The van der Waals surface area contributed by atoms with Crippen LogP contribution in [0, 0.1) is 0 Å². The molecule has 0 bridgehead atoms. The zero-order valence-electron chi connectivity index (χ0n) is 11.3. The predicted octanol–water partition coefficient (Wildman–Crippen LogP) is 4.02. The summed E-state index contributed by atoms with van der Waals surface area (Å²) in [5.41, 5.74) is 1.10. The summed E-state index contributed by atoms with van der Waals surface area (Å²) in [6.45, 7) is 6.48. The average Bonchev–Trinajstić information content (AvgIpc) is 2.27. The molecule has 0 amide bonds. The maximum atomic E-state index is 6.24. The Morgan fingerprint density at radius 1 is 1.06 bits per heavy atom. The second kappa shape index (κ2) is 6.37. The Bertz CT molecular complexity index is 385. The molecule has 1 aliphatic rings. The average molecular weight is 268 g/mol. The lowest BCUT2D eigenvalue weighted by atomic mass is 10.0. The van der Waals surface area contributed by atoms with Crippen molar-refractivity contribution in [3.05, 3.63) is 17.0 Å². The number of hydrogen-bond donors (Lipinski definition) is 0. The molecule has 1 fully saturated rings. The molecule has 2 heterocycles. The zero-order chi connectivity index (χ0) is 13.0. The van der Waals surface area contributed by atoms with Crippen molar-refractivity contribution in [1.29, 1.82) is 0 Å². The molecular weight excluding hydrogens is 246 g/mol. The van der Waals surface area contributed by atoms with Gasteiger partial charge in [0, 0.05) is 18.7 Å². The summed E-state index contributed by atoms with van der Waals surface area (Å²) in [7, 11) is 0. The smallest absolute Gasteiger partial charge is 0.138 e. The second-order valence-corrected chi connectivity index (χ2v) is 5.67.